The first-order valence-electron chi connectivity index (χ1n) is 8.32. The van der Waals surface area contributed by atoms with Crippen LogP contribution in [0.2, 0.25) is 5.02 Å². The molecule has 0 fully saturated rings. The minimum Gasteiger partial charge on any atom is -0.492 e. The van der Waals surface area contributed by atoms with E-state index in [2.05, 4.69) is 20.6 Å². The fourth-order valence-electron chi connectivity index (χ4n) is 2.53. The van der Waals surface area contributed by atoms with Crippen LogP contribution in [0.5, 0.6) is 5.75 Å². The van der Waals surface area contributed by atoms with E-state index < -0.39 is 11.7 Å². The van der Waals surface area contributed by atoms with Gasteiger partial charge in [-0.15, -0.1) is 0 Å². The molecule has 9 heteroatoms. The molecule has 2 N–H and O–H groups in total. The van der Waals surface area contributed by atoms with Crippen LogP contribution in [0.15, 0.2) is 36.7 Å². The average Bonchev–Trinajstić information content (AvgIpc) is 2.66. The van der Waals surface area contributed by atoms with Crippen molar-refractivity contribution >= 4 is 45.6 Å². The number of hydrogen-bond acceptors (Lipinski definition) is 6. The number of carbonyl (C=O) groups is 1. The van der Waals surface area contributed by atoms with Gasteiger partial charge in [0.25, 0.3) is 0 Å². The fourth-order valence-corrected chi connectivity index (χ4v) is 2.71. The van der Waals surface area contributed by atoms with E-state index >= 15 is 0 Å². The molecular formula is C19H15ClFN5O2. The highest BCUT2D eigenvalue weighted by Crippen LogP contribution is 2.33. The third-order valence-corrected chi connectivity index (χ3v) is 4.02. The zero-order valence-electron chi connectivity index (χ0n) is 14.8. The number of amides is 1. The van der Waals surface area contributed by atoms with E-state index in [0.717, 1.165) is 0 Å². The number of nitrogens with zero attached hydrogens (tertiary/aromatic N) is 3. The van der Waals surface area contributed by atoms with Gasteiger partial charge in [0.1, 0.15) is 30.1 Å². The van der Waals surface area contributed by atoms with Crippen LogP contribution in [0.4, 0.5) is 21.6 Å². The van der Waals surface area contributed by atoms with E-state index in [1.54, 1.807) is 18.2 Å². The van der Waals surface area contributed by atoms with Gasteiger partial charge in [0, 0.05) is 17.1 Å². The number of ether oxygens (including phenoxy) is 1. The molecule has 0 aliphatic heterocycles. The Kier molecular flexibility index (Phi) is 5.87. The van der Waals surface area contributed by atoms with Crippen LogP contribution < -0.4 is 15.4 Å². The smallest absolute Gasteiger partial charge is 0.238 e. The predicted molar refractivity (Wildman–Crippen MR) is 104 cm³/mol. The van der Waals surface area contributed by atoms with Crippen molar-refractivity contribution in [2.45, 2.75) is 13.3 Å². The lowest BCUT2D eigenvalue weighted by molar-refractivity contribution is -0.115. The number of carbonyl (C=O) groups excluding carboxylic acids is 1. The number of fused-ring (bicyclic) bond motifs is 1. The van der Waals surface area contributed by atoms with Crippen molar-refractivity contribution < 1.29 is 13.9 Å². The molecule has 7 nitrogen and oxygen atoms in total. The van der Waals surface area contributed by atoms with Gasteiger partial charge in [-0.05, 0) is 31.2 Å². The number of nitriles is 1. The maximum atomic E-state index is 13.4. The third-order valence-electron chi connectivity index (χ3n) is 3.73. The van der Waals surface area contributed by atoms with Gasteiger partial charge in [0.2, 0.25) is 5.91 Å². The van der Waals surface area contributed by atoms with E-state index in [0.29, 0.717) is 40.5 Å². The SMILES string of the molecule is CCOc1cc2ncnc(Nc3ccc(F)c(Cl)c3)c2cc1NC(=O)CC#N. The first kappa shape index (κ1) is 19.3. The molecule has 1 amide bonds. The first-order chi connectivity index (χ1) is 13.5. The maximum absolute atomic E-state index is 13.4. The second kappa shape index (κ2) is 8.50. The lowest BCUT2D eigenvalue weighted by atomic mass is 10.1. The summed E-state index contributed by atoms with van der Waals surface area (Å²) in [6.07, 6.45) is 1.09. The highest BCUT2D eigenvalue weighted by Gasteiger charge is 2.14. The van der Waals surface area contributed by atoms with Gasteiger partial charge in [-0.2, -0.15) is 5.26 Å². The van der Waals surface area contributed by atoms with Gasteiger partial charge < -0.3 is 15.4 Å². The Morgan fingerprint density at radius 1 is 1.32 bits per heavy atom. The largest absolute Gasteiger partial charge is 0.492 e. The quantitative estimate of drug-likeness (QED) is 0.636. The molecule has 0 bridgehead atoms. The summed E-state index contributed by atoms with van der Waals surface area (Å²) < 4.78 is 19.0. The van der Waals surface area contributed by atoms with Gasteiger partial charge >= 0.3 is 0 Å². The standard InChI is InChI=1S/C19H15ClFN5O2/c1-2-28-17-9-15-12(8-16(17)26-18(27)5-6-22)19(24-10-23-15)25-11-3-4-14(21)13(20)7-11/h3-4,7-10H,2,5H2,1H3,(H,26,27)(H,23,24,25). The molecule has 0 radical (unpaired) electrons. The molecule has 2 aromatic carbocycles. The Labute approximate surface area is 165 Å². The second-order valence-corrected chi connectivity index (χ2v) is 6.06. The fraction of sp³-hybridized carbons (Fsp3) is 0.158. The van der Waals surface area contributed by atoms with Crippen LogP contribution in [-0.4, -0.2) is 22.5 Å². The molecule has 3 aromatic rings. The van der Waals surface area contributed by atoms with Gasteiger partial charge in [0.05, 0.1) is 28.9 Å². The van der Waals surface area contributed by atoms with E-state index in [1.807, 2.05) is 6.92 Å². The van der Waals surface area contributed by atoms with Crippen molar-refractivity contribution in [1.29, 1.82) is 5.26 Å². The van der Waals surface area contributed by atoms with Crippen molar-refractivity contribution in [2.24, 2.45) is 0 Å². The number of hydrogen-bond donors (Lipinski definition) is 2. The molecular weight excluding hydrogens is 385 g/mol. The molecule has 0 atom stereocenters. The summed E-state index contributed by atoms with van der Waals surface area (Å²) >= 11 is 5.83. The van der Waals surface area contributed by atoms with Crippen LogP contribution >= 0.6 is 11.6 Å². The van der Waals surface area contributed by atoms with Crippen molar-refractivity contribution in [2.75, 3.05) is 17.2 Å². The van der Waals surface area contributed by atoms with Gasteiger partial charge in [-0.25, -0.2) is 14.4 Å². The van der Waals surface area contributed by atoms with E-state index in [9.17, 15) is 9.18 Å². The summed E-state index contributed by atoms with van der Waals surface area (Å²) in [5.74, 6) is -0.120. The number of rotatable bonds is 6. The molecule has 0 aliphatic rings. The van der Waals surface area contributed by atoms with Gasteiger partial charge in [0.15, 0.2) is 0 Å². The van der Waals surface area contributed by atoms with Crippen LogP contribution in [0.25, 0.3) is 10.9 Å². The first-order valence-corrected chi connectivity index (χ1v) is 8.70. The highest BCUT2D eigenvalue weighted by atomic mass is 35.5. The summed E-state index contributed by atoms with van der Waals surface area (Å²) in [6, 6.07) is 9.34. The Hall–Kier alpha value is -3.44. The maximum Gasteiger partial charge on any atom is 0.238 e. The molecule has 0 spiro atoms. The zero-order chi connectivity index (χ0) is 20.1. The minimum absolute atomic E-state index is 0.0218. The van der Waals surface area contributed by atoms with E-state index in [-0.39, 0.29) is 11.4 Å². The van der Waals surface area contributed by atoms with E-state index in [4.69, 9.17) is 21.6 Å². The molecule has 142 valence electrons. The molecule has 1 aromatic heterocycles. The van der Waals surface area contributed by atoms with Crippen LogP contribution in [0.3, 0.4) is 0 Å². The van der Waals surface area contributed by atoms with Crippen molar-refractivity contribution in [1.82, 2.24) is 9.97 Å². The Bertz CT molecular complexity index is 1080. The topological polar surface area (TPSA) is 99.9 Å². The summed E-state index contributed by atoms with van der Waals surface area (Å²) in [7, 11) is 0. The van der Waals surface area contributed by atoms with Crippen LogP contribution in [0.1, 0.15) is 13.3 Å². The molecule has 0 aliphatic carbocycles. The lowest BCUT2D eigenvalue weighted by Gasteiger charge is -2.14. The van der Waals surface area contributed by atoms with Crippen LogP contribution in [0, 0.1) is 17.1 Å². The molecule has 3 rings (SSSR count). The molecule has 1 heterocycles. The number of anilines is 3. The Morgan fingerprint density at radius 3 is 2.86 bits per heavy atom. The number of halogens is 2. The summed E-state index contributed by atoms with van der Waals surface area (Å²) in [5.41, 5.74) is 1.51. The summed E-state index contributed by atoms with van der Waals surface area (Å²) in [6.45, 7) is 2.20. The van der Waals surface area contributed by atoms with Crippen molar-refractivity contribution in [3.8, 4) is 11.8 Å². The molecule has 28 heavy (non-hydrogen) atoms. The third kappa shape index (κ3) is 4.27. The second-order valence-electron chi connectivity index (χ2n) is 5.66. The zero-order valence-corrected chi connectivity index (χ0v) is 15.5. The van der Waals surface area contributed by atoms with Gasteiger partial charge in [-0.3, -0.25) is 4.79 Å². The summed E-state index contributed by atoms with van der Waals surface area (Å²) in [4.78, 5) is 20.3. The monoisotopic (exact) mass is 399 g/mol. The minimum atomic E-state index is -0.524. The molecule has 0 saturated carbocycles. The number of nitrogens with one attached hydrogen (secondary N) is 2. The van der Waals surface area contributed by atoms with E-state index in [1.165, 1.54) is 24.5 Å². The molecule has 0 unspecified atom stereocenters. The normalized spacial score (nSPS) is 10.4. The lowest BCUT2D eigenvalue weighted by Crippen LogP contribution is -2.12. The van der Waals surface area contributed by atoms with Crippen molar-refractivity contribution in [3.05, 3.63) is 47.5 Å². The number of benzene rings is 2. The summed E-state index contributed by atoms with van der Waals surface area (Å²) in [5, 5.41) is 15.0. The average molecular weight is 400 g/mol. The molecule has 0 saturated heterocycles. The highest BCUT2D eigenvalue weighted by molar-refractivity contribution is 6.31. The van der Waals surface area contributed by atoms with Gasteiger partial charge in [-0.1, -0.05) is 11.6 Å². The van der Waals surface area contributed by atoms with Crippen molar-refractivity contribution in [3.63, 3.8) is 0 Å². The number of aromatic nitrogens is 2. The predicted octanol–water partition coefficient (Wildman–Crippen LogP) is 4.42. The Morgan fingerprint density at radius 2 is 2.14 bits per heavy atom. The Balaban J connectivity index is 2.04. The van der Waals surface area contributed by atoms with Crippen LogP contribution in [-0.2, 0) is 4.79 Å².